The highest BCUT2D eigenvalue weighted by atomic mass is 35.5. The first-order valence-electron chi connectivity index (χ1n) is 13.7. The van der Waals surface area contributed by atoms with E-state index in [9.17, 15) is 0 Å². The first-order chi connectivity index (χ1) is 18.0. The average Bonchev–Trinajstić information content (AvgIpc) is 3.18. The summed E-state index contributed by atoms with van der Waals surface area (Å²) in [5.74, 6) is 3.93. The van der Waals surface area contributed by atoms with E-state index in [0.29, 0.717) is 21.6 Å². The Kier molecular flexibility index (Phi) is 7.57. The Morgan fingerprint density at radius 2 is 1.54 bits per heavy atom. The SMILES string of the molecule is Cc1c(CNCCCNC2C3CC4CC(C3)CC2C4)nn(-c2ccc(Cl)cc2Cl)c1-c1ccc(Cl)cc1. The van der Waals surface area contributed by atoms with Crippen molar-refractivity contribution in [1.82, 2.24) is 20.4 Å². The van der Waals surface area contributed by atoms with Gasteiger partial charge in [0.25, 0.3) is 0 Å². The summed E-state index contributed by atoms with van der Waals surface area (Å²) in [6, 6.07) is 14.2. The molecule has 2 N–H and O–H groups in total. The van der Waals surface area contributed by atoms with Crippen molar-refractivity contribution < 1.29 is 0 Å². The molecule has 0 spiro atoms. The highest BCUT2D eigenvalue weighted by molar-refractivity contribution is 6.35. The molecule has 7 rings (SSSR count). The number of benzene rings is 2. The van der Waals surface area contributed by atoms with Gasteiger partial charge in [-0.05, 0) is 118 Å². The maximum Gasteiger partial charge on any atom is 0.0840 e. The summed E-state index contributed by atoms with van der Waals surface area (Å²) in [5.41, 5.74) is 5.02. The minimum absolute atomic E-state index is 0.570. The van der Waals surface area contributed by atoms with Crippen LogP contribution in [-0.2, 0) is 6.54 Å². The van der Waals surface area contributed by atoms with Gasteiger partial charge in [0, 0.05) is 28.2 Å². The van der Waals surface area contributed by atoms with Crippen molar-refractivity contribution in [3.05, 3.63) is 68.8 Å². The lowest BCUT2D eigenvalue weighted by atomic mass is 9.54. The summed E-state index contributed by atoms with van der Waals surface area (Å²) >= 11 is 18.9. The second-order valence-electron chi connectivity index (χ2n) is 11.4. The van der Waals surface area contributed by atoms with Crippen molar-refractivity contribution >= 4 is 34.8 Å². The van der Waals surface area contributed by atoms with Gasteiger partial charge < -0.3 is 10.6 Å². The molecular weight excluding hydrogens is 523 g/mol. The van der Waals surface area contributed by atoms with E-state index < -0.39 is 0 Å². The minimum Gasteiger partial charge on any atom is -0.313 e. The normalized spacial score (nSPS) is 26.2. The lowest BCUT2D eigenvalue weighted by Crippen LogP contribution is -2.54. The van der Waals surface area contributed by atoms with E-state index in [-0.39, 0.29) is 0 Å². The Balaban J connectivity index is 1.10. The molecule has 4 nitrogen and oxygen atoms in total. The van der Waals surface area contributed by atoms with E-state index in [1.165, 1.54) is 32.1 Å². The Morgan fingerprint density at radius 3 is 2.22 bits per heavy atom. The molecule has 7 heteroatoms. The summed E-state index contributed by atoms with van der Waals surface area (Å²) in [7, 11) is 0. The second kappa shape index (κ2) is 10.9. The van der Waals surface area contributed by atoms with Crippen LogP contribution in [0.5, 0.6) is 0 Å². The van der Waals surface area contributed by atoms with Gasteiger partial charge in [-0.3, -0.25) is 0 Å². The van der Waals surface area contributed by atoms with Crippen LogP contribution in [0, 0.1) is 30.6 Å². The largest absolute Gasteiger partial charge is 0.313 e. The molecule has 3 aromatic rings. The predicted octanol–water partition coefficient (Wildman–Crippen LogP) is 7.70. The Labute approximate surface area is 235 Å². The fourth-order valence-electron chi connectivity index (χ4n) is 7.43. The Hall–Kier alpha value is -1.56. The number of rotatable bonds is 9. The van der Waals surface area contributed by atoms with Crippen molar-refractivity contribution in [2.75, 3.05) is 13.1 Å². The molecule has 4 aliphatic rings. The quantitative estimate of drug-likeness (QED) is 0.265. The number of aromatic nitrogens is 2. The van der Waals surface area contributed by atoms with Gasteiger partial charge in [0.05, 0.1) is 22.1 Å². The Morgan fingerprint density at radius 1 is 0.865 bits per heavy atom. The van der Waals surface area contributed by atoms with Gasteiger partial charge in [0.15, 0.2) is 0 Å². The summed E-state index contributed by atoms with van der Waals surface area (Å²) in [5, 5.41) is 14.5. The molecule has 0 unspecified atom stereocenters. The van der Waals surface area contributed by atoms with Gasteiger partial charge in [0.1, 0.15) is 0 Å². The van der Waals surface area contributed by atoms with Gasteiger partial charge in [-0.2, -0.15) is 5.10 Å². The van der Waals surface area contributed by atoms with Crippen LogP contribution in [0.2, 0.25) is 15.1 Å². The third kappa shape index (κ3) is 5.33. The molecule has 37 heavy (non-hydrogen) atoms. The number of halogens is 3. The topological polar surface area (TPSA) is 41.9 Å². The van der Waals surface area contributed by atoms with Gasteiger partial charge in [0.2, 0.25) is 0 Å². The van der Waals surface area contributed by atoms with Crippen molar-refractivity contribution in [1.29, 1.82) is 0 Å². The molecule has 4 aliphatic carbocycles. The van der Waals surface area contributed by atoms with Crippen LogP contribution in [0.25, 0.3) is 16.9 Å². The van der Waals surface area contributed by atoms with Crippen LogP contribution < -0.4 is 10.6 Å². The summed E-state index contributed by atoms with van der Waals surface area (Å²) in [6.45, 7) is 4.89. The van der Waals surface area contributed by atoms with Crippen molar-refractivity contribution in [2.24, 2.45) is 23.7 Å². The molecule has 4 saturated carbocycles. The van der Waals surface area contributed by atoms with Crippen molar-refractivity contribution in [2.45, 2.75) is 58.0 Å². The lowest BCUT2D eigenvalue weighted by Gasteiger charge is -2.54. The summed E-state index contributed by atoms with van der Waals surface area (Å²) < 4.78 is 1.93. The van der Waals surface area contributed by atoms with Crippen LogP contribution in [0.1, 0.15) is 49.8 Å². The monoisotopic (exact) mass is 556 g/mol. The van der Waals surface area contributed by atoms with E-state index in [1.807, 2.05) is 41.1 Å². The molecule has 0 aliphatic heterocycles. The van der Waals surface area contributed by atoms with Crippen molar-refractivity contribution in [3.63, 3.8) is 0 Å². The maximum atomic E-state index is 6.59. The fraction of sp³-hybridized carbons (Fsp3) is 0.500. The smallest absolute Gasteiger partial charge is 0.0840 e. The van der Waals surface area contributed by atoms with Gasteiger partial charge in [-0.15, -0.1) is 0 Å². The standard InChI is InChI=1S/C30H35Cl3N4/c1-18-27(17-34-9-2-10-35-29-22-12-19-11-20(14-22)15-23(29)13-19)36-37(28-8-7-25(32)16-26(28)33)30(18)21-3-5-24(31)6-4-21/h3-8,16,19-20,22-23,29,34-35H,2,9-15,17H2,1H3. The molecule has 4 fully saturated rings. The fourth-order valence-corrected chi connectivity index (χ4v) is 8.05. The van der Waals surface area contributed by atoms with Gasteiger partial charge in [-0.25, -0.2) is 4.68 Å². The molecule has 0 amide bonds. The van der Waals surface area contributed by atoms with E-state index in [0.717, 1.165) is 77.4 Å². The number of nitrogens with zero attached hydrogens (tertiary/aromatic N) is 2. The zero-order chi connectivity index (χ0) is 25.5. The molecular formula is C30H35Cl3N4. The van der Waals surface area contributed by atoms with E-state index in [4.69, 9.17) is 39.9 Å². The minimum atomic E-state index is 0.570. The van der Waals surface area contributed by atoms with Gasteiger partial charge in [-0.1, -0.05) is 46.9 Å². The van der Waals surface area contributed by atoms with E-state index >= 15 is 0 Å². The zero-order valence-corrected chi connectivity index (χ0v) is 23.6. The van der Waals surface area contributed by atoms with E-state index in [2.05, 4.69) is 17.6 Å². The van der Waals surface area contributed by atoms with Crippen LogP contribution >= 0.6 is 34.8 Å². The van der Waals surface area contributed by atoms with Crippen molar-refractivity contribution in [3.8, 4) is 16.9 Å². The number of nitrogens with one attached hydrogen (secondary N) is 2. The number of hydrogen-bond acceptors (Lipinski definition) is 3. The molecule has 0 saturated heterocycles. The molecule has 1 heterocycles. The molecule has 0 atom stereocenters. The van der Waals surface area contributed by atoms with Crippen LogP contribution in [0.3, 0.4) is 0 Å². The van der Waals surface area contributed by atoms with Crippen LogP contribution in [0.4, 0.5) is 0 Å². The van der Waals surface area contributed by atoms with Gasteiger partial charge >= 0.3 is 0 Å². The molecule has 1 aromatic heterocycles. The molecule has 2 aromatic carbocycles. The molecule has 0 radical (unpaired) electrons. The lowest BCUT2D eigenvalue weighted by molar-refractivity contribution is -0.0135. The average molecular weight is 558 g/mol. The maximum absolute atomic E-state index is 6.59. The van der Waals surface area contributed by atoms with Crippen LogP contribution in [-0.4, -0.2) is 28.9 Å². The van der Waals surface area contributed by atoms with Crippen LogP contribution in [0.15, 0.2) is 42.5 Å². The molecule has 4 bridgehead atoms. The third-order valence-corrected chi connectivity index (χ3v) is 9.70. The first-order valence-corrected chi connectivity index (χ1v) is 14.8. The second-order valence-corrected chi connectivity index (χ2v) is 12.7. The summed E-state index contributed by atoms with van der Waals surface area (Å²) in [4.78, 5) is 0. The zero-order valence-electron chi connectivity index (χ0n) is 21.3. The predicted molar refractivity (Wildman–Crippen MR) is 154 cm³/mol. The molecule has 196 valence electrons. The number of hydrogen-bond donors (Lipinski definition) is 2. The highest BCUT2D eigenvalue weighted by Gasteiger charge is 2.47. The van der Waals surface area contributed by atoms with E-state index in [1.54, 1.807) is 6.07 Å². The Bertz CT molecular complexity index is 1220. The first kappa shape index (κ1) is 25.7. The highest BCUT2D eigenvalue weighted by Crippen LogP contribution is 2.53. The third-order valence-electron chi connectivity index (χ3n) is 8.91. The summed E-state index contributed by atoms with van der Waals surface area (Å²) in [6.07, 6.45) is 8.52.